The molecule has 0 radical (unpaired) electrons. The zero-order chi connectivity index (χ0) is 25.1. The quantitative estimate of drug-likeness (QED) is 0.431. The second-order valence-electron chi connectivity index (χ2n) is 7.90. The van der Waals surface area contributed by atoms with Crippen molar-refractivity contribution >= 4 is 33.4 Å². The number of halogens is 1. The molecule has 186 valence electrons. The van der Waals surface area contributed by atoms with Gasteiger partial charge < -0.3 is 15.5 Å². The molecule has 4 rings (SSSR count). The highest BCUT2D eigenvalue weighted by molar-refractivity contribution is 9.10. The Morgan fingerprint density at radius 3 is 2.68 bits per heavy atom. The van der Waals surface area contributed by atoms with Crippen molar-refractivity contribution < 1.29 is 4.79 Å². The summed E-state index contributed by atoms with van der Waals surface area (Å²) in [5.74, 6) is 1.05. The molecular weight excluding hydrogens is 494 g/mol. The minimum absolute atomic E-state index is 0.00348. The molecule has 9 heteroatoms. The lowest BCUT2D eigenvalue weighted by Crippen LogP contribution is -2.47. The van der Waals surface area contributed by atoms with Crippen molar-refractivity contribution in [3.05, 3.63) is 52.5 Å². The Morgan fingerprint density at radius 1 is 1.24 bits per heavy atom. The van der Waals surface area contributed by atoms with Crippen LogP contribution in [0.25, 0.3) is 5.65 Å². The van der Waals surface area contributed by atoms with Crippen molar-refractivity contribution in [2.75, 3.05) is 18.4 Å². The van der Waals surface area contributed by atoms with Gasteiger partial charge in [0.1, 0.15) is 5.82 Å². The molecule has 3 aromatic rings. The van der Waals surface area contributed by atoms with Gasteiger partial charge in [0.2, 0.25) is 0 Å². The summed E-state index contributed by atoms with van der Waals surface area (Å²) >= 11 is 3.56. The first-order valence-electron chi connectivity index (χ1n) is 12.2. The molecule has 0 aromatic carbocycles. The molecule has 0 bridgehead atoms. The Balaban J connectivity index is 0.000000970. The highest BCUT2D eigenvalue weighted by atomic mass is 79.9. The van der Waals surface area contributed by atoms with Gasteiger partial charge in [-0.3, -0.25) is 4.98 Å². The first-order chi connectivity index (χ1) is 16.5. The summed E-state index contributed by atoms with van der Waals surface area (Å²) in [4.78, 5) is 23.4. The molecule has 1 aliphatic heterocycles. The predicted molar refractivity (Wildman–Crippen MR) is 142 cm³/mol. The fraction of sp³-hybridized carbons (Fsp3) is 0.520. The number of aromatic nitrogens is 4. The van der Waals surface area contributed by atoms with Gasteiger partial charge in [0, 0.05) is 50.1 Å². The van der Waals surface area contributed by atoms with E-state index >= 15 is 0 Å². The minimum Gasteiger partial charge on any atom is -0.366 e. The molecule has 1 aliphatic rings. The number of rotatable bonds is 5. The number of hydrogen-bond donors (Lipinski definition) is 2. The number of nitrogens with one attached hydrogen (secondary N) is 2. The second kappa shape index (κ2) is 13.9. The van der Waals surface area contributed by atoms with E-state index in [2.05, 4.69) is 42.7 Å². The number of hydrogen-bond acceptors (Lipinski definition) is 5. The van der Waals surface area contributed by atoms with E-state index in [0.29, 0.717) is 13.1 Å². The normalized spacial score (nSPS) is 15.2. The summed E-state index contributed by atoms with van der Waals surface area (Å²) in [6, 6.07) is 6.13. The largest absolute Gasteiger partial charge is 0.366 e. The van der Waals surface area contributed by atoms with E-state index in [-0.39, 0.29) is 18.0 Å². The van der Waals surface area contributed by atoms with Crippen molar-refractivity contribution in [2.24, 2.45) is 0 Å². The number of carbonyl (C=O) groups excluding carboxylic acids is 1. The van der Waals surface area contributed by atoms with Crippen LogP contribution in [-0.4, -0.2) is 49.6 Å². The summed E-state index contributed by atoms with van der Waals surface area (Å²) in [5, 5.41) is 10.9. The van der Waals surface area contributed by atoms with Crippen LogP contribution >= 0.6 is 15.9 Å². The highest BCUT2D eigenvalue weighted by Gasteiger charge is 2.27. The number of anilines is 1. The number of urea groups is 1. The van der Waals surface area contributed by atoms with Crippen molar-refractivity contribution in [3.8, 4) is 0 Å². The number of fused-ring (bicyclic) bond motifs is 1. The lowest BCUT2D eigenvalue weighted by Gasteiger charge is -2.33. The summed E-state index contributed by atoms with van der Waals surface area (Å²) in [6.07, 6.45) is 7.33. The number of pyridine rings is 1. The Kier molecular flexibility index (Phi) is 11.3. The Labute approximate surface area is 211 Å². The van der Waals surface area contributed by atoms with Crippen molar-refractivity contribution in [3.63, 3.8) is 0 Å². The van der Waals surface area contributed by atoms with Gasteiger partial charge in [-0.1, -0.05) is 33.8 Å². The molecule has 0 spiro atoms. The molecule has 0 aliphatic carbocycles. The van der Waals surface area contributed by atoms with Gasteiger partial charge in [-0.2, -0.15) is 9.61 Å². The maximum absolute atomic E-state index is 12.5. The van der Waals surface area contributed by atoms with E-state index in [0.717, 1.165) is 46.6 Å². The predicted octanol–water partition coefficient (Wildman–Crippen LogP) is 5.85. The van der Waals surface area contributed by atoms with E-state index in [1.807, 2.05) is 64.8 Å². The van der Waals surface area contributed by atoms with Crippen LogP contribution in [0.3, 0.4) is 0 Å². The standard InChI is InChI=1S/C21H26BrN7O.2C2H6/c1-14(2)26-21(30)28-8-4-6-16(13-28)18-9-19(24-11-15-5-3-7-23-10-15)29-20(27-18)17(22)12-25-29;2*1-2/h3,5,7,9-10,12,14,16,24H,4,6,8,11,13H2,1-2H3,(H,26,30);2*1-2H3. The maximum Gasteiger partial charge on any atom is 0.317 e. The van der Waals surface area contributed by atoms with E-state index in [1.165, 1.54) is 0 Å². The zero-order valence-electron chi connectivity index (χ0n) is 21.2. The van der Waals surface area contributed by atoms with Gasteiger partial charge in [-0.05, 0) is 54.2 Å². The number of amides is 2. The molecule has 1 fully saturated rings. The third kappa shape index (κ3) is 7.16. The molecule has 1 saturated heterocycles. The third-order valence-electron chi connectivity index (χ3n) is 5.18. The SMILES string of the molecule is CC.CC.CC(C)NC(=O)N1CCCC(c2cc(NCc3cccnc3)n3ncc(Br)c3n2)C1. The first kappa shape index (κ1) is 27.6. The van der Waals surface area contributed by atoms with E-state index in [1.54, 1.807) is 16.9 Å². The summed E-state index contributed by atoms with van der Waals surface area (Å²) in [6.45, 7) is 14.0. The van der Waals surface area contributed by atoms with Crippen LogP contribution < -0.4 is 10.6 Å². The first-order valence-corrected chi connectivity index (χ1v) is 13.0. The van der Waals surface area contributed by atoms with Gasteiger partial charge in [0.15, 0.2) is 5.65 Å². The van der Waals surface area contributed by atoms with Crippen LogP contribution in [-0.2, 0) is 6.54 Å². The Hall–Kier alpha value is -2.68. The second-order valence-corrected chi connectivity index (χ2v) is 8.75. The molecular formula is C25H38BrN7O. The van der Waals surface area contributed by atoms with Gasteiger partial charge in [0.25, 0.3) is 0 Å². The van der Waals surface area contributed by atoms with Crippen LogP contribution in [0.1, 0.15) is 71.6 Å². The average Bonchev–Trinajstić information content (AvgIpc) is 3.26. The Morgan fingerprint density at radius 2 is 2.00 bits per heavy atom. The number of likely N-dealkylation sites (tertiary alicyclic amines) is 1. The molecule has 0 saturated carbocycles. The summed E-state index contributed by atoms with van der Waals surface area (Å²) < 4.78 is 2.65. The summed E-state index contributed by atoms with van der Waals surface area (Å²) in [5.41, 5.74) is 2.83. The molecule has 4 heterocycles. The number of nitrogens with zero attached hydrogens (tertiary/aromatic N) is 5. The molecule has 2 amide bonds. The highest BCUT2D eigenvalue weighted by Crippen LogP contribution is 2.30. The van der Waals surface area contributed by atoms with Crippen LogP contribution in [0.5, 0.6) is 0 Å². The molecule has 34 heavy (non-hydrogen) atoms. The van der Waals surface area contributed by atoms with Gasteiger partial charge >= 0.3 is 6.03 Å². The molecule has 3 aromatic heterocycles. The van der Waals surface area contributed by atoms with Crippen LogP contribution in [0.15, 0.2) is 41.3 Å². The average molecular weight is 533 g/mol. The van der Waals surface area contributed by atoms with Crippen molar-refractivity contribution in [1.29, 1.82) is 0 Å². The molecule has 1 atom stereocenters. The van der Waals surface area contributed by atoms with Gasteiger partial charge in [-0.25, -0.2) is 9.78 Å². The lowest BCUT2D eigenvalue weighted by molar-refractivity contribution is 0.176. The molecule has 8 nitrogen and oxygen atoms in total. The third-order valence-corrected chi connectivity index (χ3v) is 5.74. The number of piperidine rings is 1. The zero-order valence-corrected chi connectivity index (χ0v) is 22.8. The van der Waals surface area contributed by atoms with E-state index < -0.39 is 0 Å². The van der Waals surface area contributed by atoms with Gasteiger partial charge in [0.05, 0.1) is 16.4 Å². The van der Waals surface area contributed by atoms with Crippen LogP contribution in [0.2, 0.25) is 0 Å². The van der Waals surface area contributed by atoms with E-state index in [4.69, 9.17) is 4.98 Å². The van der Waals surface area contributed by atoms with Crippen LogP contribution in [0.4, 0.5) is 10.6 Å². The Bertz CT molecular complexity index is 1020. The summed E-state index contributed by atoms with van der Waals surface area (Å²) in [7, 11) is 0. The van der Waals surface area contributed by atoms with Crippen molar-refractivity contribution in [2.45, 2.75) is 72.9 Å². The fourth-order valence-corrected chi connectivity index (χ4v) is 4.07. The van der Waals surface area contributed by atoms with Crippen molar-refractivity contribution in [1.82, 2.24) is 29.8 Å². The molecule has 2 N–H and O–H groups in total. The number of carbonyl (C=O) groups is 1. The lowest BCUT2D eigenvalue weighted by atomic mass is 9.94. The van der Waals surface area contributed by atoms with Crippen LogP contribution in [0, 0.1) is 0 Å². The van der Waals surface area contributed by atoms with E-state index in [9.17, 15) is 4.79 Å². The monoisotopic (exact) mass is 531 g/mol. The topological polar surface area (TPSA) is 87.5 Å². The molecule has 1 unspecified atom stereocenters. The minimum atomic E-state index is -0.00348. The fourth-order valence-electron chi connectivity index (χ4n) is 3.73. The van der Waals surface area contributed by atoms with Gasteiger partial charge in [-0.15, -0.1) is 0 Å². The smallest absolute Gasteiger partial charge is 0.317 e. The maximum atomic E-state index is 12.5.